The van der Waals surface area contributed by atoms with E-state index in [2.05, 4.69) is 6.92 Å². The van der Waals surface area contributed by atoms with Gasteiger partial charge < -0.3 is 0 Å². The van der Waals surface area contributed by atoms with E-state index < -0.39 is 17.6 Å². The Kier molecular flexibility index (Phi) is 7.44. The number of halogens is 4. The first kappa shape index (κ1) is 21.6. The standard InChI is InChI=1S/C24H34F4/c1-2-3-4-5-17-6-8-18(9-7-17)19-10-12-20(13-11-19)22-15-14-21(16-23(22)25)24(26,27)28/h14-20H,2-13H2,1H3. The molecule has 1 aromatic rings. The normalized spacial score (nSPS) is 29.0. The van der Waals surface area contributed by atoms with Crippen molar-refractivity contribution in [2.45, 2.75) is 96.1 Å². The molecule has 0 nitrogen and oxygen atoms in total. The Balaban J connectivity index is 1.48. The third-order valence-electron chi connectivity index (χ3n) is 7.31. The molecule has 0 spiro atoms. The lowest BCUT2D eigenvalue weighted by Gasteiger charge is -2.38. The van der Waals surface area contributed by atoms with E-state index in [0.717, 1.165) is 49.5 Å². The number of hydrogen-bond donors (Lipinski definition) is 0. The fourth-order valence-corrected chi connectivity index (χ4v) is 5.57. The molecule has 2 fully saturated rings. The lowest BCUT2D eigenvalue weighted by atomic mass is 9.68. The quantitative estimate of drug-likeness (QED) is 0.333. The summed E-state index contributed by atoms with van der Waals surface area (Å²) in [6.07, 6.45) is 10.3. The maximum atomic E-state index is 14.3. The summed E-state index contributed by atoms with van der Waals surface area (Å²) in [5.41, 5.74) is -0.413. The van der Waals surface area contributed by atoms with Gasteiger partial charge in [0.15, 0.2) is 0 Å². The lowest BCUT2D eigenvalue weighted by Crippen LogP contribution is -2.25. The van der Waals surface area contributed by atoms with Gasteiger partial charge in [0.05, 0.1) is 5.56 Å². The second-order valence-electron chi connectivity index (χ2n) is 9.12. The summed E-state index contributed by atoms with van der Waals surface area (Å²) < 4.78 is 52.5. The molecule has 0 unspecified atom stereocenters. The van der Waals surface area contributed by atoms with Crippen molar-refractivity contribution in [3.8, 4) is 0 Å². The van der Waals surface area contributed by atoms with Gasteiger partial charge >= 0.3 is 6.18 Å². The van der Waals surface area contributed by atoms with Gasteiger partial charge in [0.2, 0.25) is 0 Å². The van der Waals surface area contributed by atoms with Gasteiger partial charge in [0.1, 0.15) is 5.82 Å². The molecule has 0 saturated heterocycles. The van der Waals surface area contributed by atoms with Crippen molar-refractivity contribution in [3.63, 3.8) is 0 Å². The fraction of sp³-hybridized carbons (Fsp3) is 0.750. The van der Waals surface area contributed by atoms with E-state index in [-0.39, 0.29) is 5.92 Å². The third kappa shape index (κ3) is 5.51. The summed E-state index contributed by atoms with van der Waals surface area (Å²) in [7, 11) is 0. The van der Waals surface area contributed by atoms with Crippen LogP contribution in [0.25, 0.3) is 0 Å². The highest BCUT2D eigenvalue weighted by molar-refractivity contribution is 5.29. The van der Waals surface area contributed by atoms with Crippen molar-refractivity contribution in [1.82, 2.24) is 0 Å². The topological polar surface area (TPSA) is 0 Å². The highest BCUT2D eigenvalue weighted by Gasteiger charge is 2.34. The van der Waals surface area contributed by atoms with Gasteiger partial charge in [-0.2, -0.15) is 13.2 Å². The van der Waals surface area contributed by atoms with Crippen molar-refractivity contribution >= 4 is 0 Å². The van der Waals surface area contributed by atoms with Crippen LogP contribution in [0.15, 0.2) is 18.2 Å². The third-order valence-corrected chi connectivity index (χ3v) is 7.31. The molecule has 0 bridgehead atoms. The van der Waals surface area contributed by atoms with Crippen LogP contribution >= 0.6 is 0 Å². The molecule has 0 aromatic heterocycles. The average molecular weight is 399 g/mol. The van der Waals surface area contributed by atoms with E-state index >= 15 is 0 Å². The SMILES string of the molecule is CCCCCC1CCC(C2CCC(c3ccc(C(F)(F)F)cc3F)CC2)CC1. The largest absolute Gasteiger partial charge is 0.416 e. The van der Waals surface area contributed by atoms with Gasteiger partial charge in [-0.15, -0.1) is 0 Å². The van der Waals surface area contributed by atoms with Gasteiger partial charge in [0, 0.05) is 0 Å². The molecule has 2 aliphatic carbocycles. The first-order valence-corrected chi connectivity index (χ1v) is 11.2. The highest BCUT2D eigenvalue weighted by Crippen LogP contribution is 2.45. The molecule has 0 amide bonds. The summed E-state index contributed by atoms with van der Waals surface area (Å²) in [5, 5.41) is 0. The van der Waals surface area contributed by atoms with E-state index in [1.165, 1.54) is 57.4 Å². The van der Waals surface area contributed by atoms with Crippen LogP contribution in [0, 0.1) is 23.6 Å². The van der Waals surface area contributed by atoms with Crippen molar-refractivity contribution < 1.29 is 17.6 Å². The molecule has 0 N–H and O–H groups in total. The minimum atomic E-state index is -4.48. The van der Waals surface area contributed by atoms with Crippen LogP contribution in [0.4, 0.5) is 17.6 Å². The zero-order valence-corrected chi connectivity index (χ0v) is 17.0. The van der Waals surface area contributed by atoms with E-state index in [4.69, 9.17) is 0 Å². The zero-order valence-electron chi connectivity index (χ0n) is 17.0. The Morgan fingerprint density at radius 3 is 2.00 bits per heavy atom. The minimum absolute atomic E-state index is 0.0731. The maximum Gasteiger partial charge on any atom is 0.416 e. The Bertz CT molecular complexity index is 606. The smallest absolute Gasteiger partial charge is 0.207 e. The fourth-order valence-electron chi connectivity index (χ4n) is 5.57. The van der Waals surface area contributed by atoms with Crippen molar-refractivity contribution in [3.05, 3.63) is 35.1 Å². The summed E-state index contributed by atoms with van der Waals surface area (Å²) >= 11 is 0. The number of rotatable bonds is 6. The summed E-state index contributed by atoms with van der Waals surface area (Å²) in [6, 6.07) is 3.07. The average Bonchev–Trinajstić information content (AvgIpc) is 2.68. The molecule has 2 saturated carbocycles. The minimum Gasteiger partial charge on any atom is -0.207 e. The Labute approximate surface area is 167 Å². The number of hydrogen-bond acceptors (Lipinski definition) is 0. The van der Waals surface area contributed by atoms with E-state index in [1.54, 1.807) is 0 Å². The van der Waals surface area contributed by atoms with Crippen LogP contribution in [-0.4, -0.2) is 0 Å². The Morgan fingerprint density at radius 1 is 0.857 bits per heavy atom. The summed E-state index contributed by atoms with van der Waals surface area (Å²) in [4.78, 5) is 0. The van der Waals surface area contributed by atoms with Crippen LogP contribution in [0.5, 0.6) is 0 Å². The van der Waals surface area contributed by atoms with E-state index in [0.29, 0.717) is 11.6 Å². The predicted octanol–water partition coefficient (Wildman–Crippen LogP) is 8.51. The van der Waals surface area contributed by atoms with E-state index in [1.807, 2.05) is 0 Å². The van der Waals surface area contributed by atoms with Gasteiger partial charge in [-0.3, -0.25) is 0 Å². The van der Waals surface area contributed by atoms with E-state index in [9.17, 15) is 17.6 Å². The molecule has 4 heteroatoms. The van der Waals surface area contributed by atoms with Crippen molar-refractivity contribution in [2.75, 3.05) is 0 Å². The molecule has 28 heavy (non-hydrogen) atoms. The first-order chi connectivity index (χ1) is 13.4. The predicted molar refractivity (Wildman–Crippen MR) is 106 cm³/mol. The van der Waals surface area contributed by atoms with Gasteiger partial charge in [-0.05, 0) is 79.9 Å². The van der Waals surface area contributed by atoms with Crippen molar-refractivity contribution in [2.24, 2.45) is 17.8 Å². The number of unbranched alkanes of at least 4 members (excludes halogenated alkanes) is 2. The van der Waals surface area contributed by atoms with Crippen LogP contribution < -0.4 is 0 Å². The molecular formula is C24H34F4. The van der Waals surface area contributed by atoms with Gasteiger partial charge in [-0.1, -0.05) is 51.5 Å². The Hall–Kier alpha value is -1.06. The summed E-state index contributed by atoms with van der Waals surface area (Å²) in [5.74, 6) is 1.83. The van der Waals surface area contributed by atoms with Crippen LogP contribution in [-0.2, 0) is 6.18 Å². The Morgan fingerprint density at radius 2 is 1.46 bits per heavy atom. The molecular weight excluding hydrogens is 364 g/mol. The highest BCUT2D eigenvalue weighted by atomic mass is 19.4. The monoisotopic (exact) mass is 398 g/mol. The number of alkyl halides is 3. The summed E-state index contributed by atoms with van der Waals surface area (Å²) in [6.45, 7) is 2.25. The molecule has 3 rings (SSSR count). The molecule has 2 aliphatic rings. The lowest BCUT2D eigenvalue weighted by molar-refractivity contribution is -0.137. The molecule has 1 aromatic carbocycles. The molecule has 0 radical (unpaired) electrons. The molecule has 0 atom stereocenters. The van der Waals surface area contributed by atoms with Crippen LogP contribution in [0.3, 0.4) is 0 Å². The molecule has 158 valence electrons. The van der Waals surface area contributed by atoms with Gasteiger partial charge in [-0.25, -0.2) is 4.39 Å². The zero-order chi connectivity index (χ0) is 20.1. The van der Waals surface area contributed by atoms with Crippen LogP contribution in [0.1, 0.15) is 101 Å². The molecule has 0 aliphatic heterocycles. The maximum absolute atomic E-state index is 14.3. The molecule has 0 heterocycles. The second kappa shape index (κ2) is 9.63. The van der Waals surface area contributed by atoms with Crippen molar-refractivity contribution in [1.29, 1.82) is 0 Å². The first-order valence-electron chi connectivity index (χ1n) is 11.2. The van der Waals surface area contributed by atoms with Crippen LogP contribution in [0.2, 0.25) is 0 Å². The number of benzene rings is 1. The van der Waals surface area contributed by atoms with Gasteiger partial charge in [0.25, 0.3) is 0 Å². The second-order valence-corrected chi connectivity index (χ2v) is 9.12.